The second-order valence-electron chi connectivity index (χ2n) is 3.92. The fourth-order valence-electron chi connectivity index (χ4n) is 2.11. The molecule has 0 unspecified atom stereocenters. The van der Waals surface area contributed by atoms with Gasteiger partial charge >= 0.3 is 0 Å². The van der Waals surface area contributed by atoms with Gasteiger partial charge in [0, 0.05) is 22.3 Å². The van der Waals surface area contributed by atoms with Crippen LogP contribution in [-0.2, 0) is 23.8 Å². The van der Waals surface area contributed by atoms with Crippen molar-refractivity contribution < 1.29 is 4.74 Å². The van der Waals surface area contributed by atoms with Crippen LogP contribution in [0.4, 0.5) is 0 Å². The van der Waals surface area contributed by atoms with Crippen molar-refractivity contribution in [3.05, 3.63) is 45.2 Å². The van der Waals surface area contributed by atoms with Crippen molar-refractivity contribution in [3.8, 4) is 0 Å². The van der Waals surface area contributed by atoms with Gasteiger partial charge < -0.3 is 9.72 Å². The fraction of sp³-hybridized carbons (Fsp3) is 0.250. The normalized spacial score (nSPS) is 14.3. The molecule has 4 heteroatoms. The van der Waals surface area contributed by atoms with Gasteiger partial charge in [-0.25, -0.2) is 0 Å². The Morgan fingerprint density at radius 2 is 2.12 bits per heavy atom. The standard InChI is InChI=1S/C12H10ClNO2/c13-4-7-1-2-8-9-5-16-6-10(9)12(15)14-11(8)3-7/h1-3H,4-6H2,(H,14,15). The lowest BCUT2D eigenvalue weighted by Gasteiger charge is -2.04. The van der Waals surface area contributed by atoms with Gasteiger partial charge in [-0.05, 0) is 17.2 Å². The Morgan fingerprint density at radius 1 is 1.31 bits per heavy atom. The number of hydrogen-bond acceptors (Lipinski definition) is 2. The second kappa shape index (κ2) is 3.61. The maximum Gasteiger partial charge on any atom is 0.254 e. The maximum absolute atomic E-state index is 11.8. The van der Waals surface area contributed by atoms with E-state index in [1.54, 1.807) is 0 Å². The molecule has 0 amide bonds. The summed E-state index contributed by atoms with van der Waals surface area (Å²) in [4.78, 5) is 14.6. The molecule has 1 aliphatic rings. The maximum atomic E-state index is 11.8. The summed E-state index contributed by atoms with van der Waals surface area (Å²) in [6.45, 7) is 0.938. The van der Waals surface area contributed by atoms with Crippen LogP contribution < -0.4 is 5.56 Å². The van der Waals surface area contributed by atoms with Gasteiger partial charge in [0.1, 0.15) is 0 Å². The summed E-state index contributed by atoms with van der Waals surface area (Å²) in [5.74, 6) is 0.450. The van der Waals surface area contributed by atoms with E-state index in [1.807, 2.05) is 18.2 Å². The van der Waals surface area contributed by atoms with Crippen LogP contribution in [0.15, 0.2) is 23.0 Å². The number of fused-ring (bicyclic) bond motifs is 3. The van der Waals surface area contributed by atoms with Crippen molar-refractivity contribution in [2.75, 3.05) is 0 Å². The Labute approximate surface area is 97.0 Å². The average molecular weight is 236 g/mol. The Balaban J connectivity index is 2.38. The molecular formula is C12H10ClNO2. The Hall–Kier alpha value is -1.32. The van der Waals surface area contributed by atoms with Crippen molar-refractivity contribution >= 4 is 22.5 Å². The van der Waals surface area contributed by atoms with Crippen LogP contribution >= 0.6 is 11.6 Å². The largest absolute Gasteiger partial charge is 0.372 e. The molecule has 2 heterocycles. The summed E-state index contributed by atoms with van der Waals surface area (Å²) in [5, 5.41) is 1.06. The van der Waals surface area contributed by atoms with E-state index in [1.165, 1.54) is 0 Å². The molecule has 0 saturated heterocycles. The van der Waals surface area contributed by atoms with Crippen molar-refractivity contribution in [2.24, 2.45) is 0 Å². The molecule has 82 valence electrons. The number of ether oxygens (including phenoxy) is 1. The zero-order valence-corrected chi connectivity index (χ0v) is 9.30. The minimum Gasteiger partial charge on any atom is -0.372 e. The number of nitrogens with one attached hydrogen (secondary N) is 1. The second-order valence-corrected chi connectivity index (χ2v) is 4.18. The summed E-state index contributed by atoms with van der Waals surface area (Å²) in [5.41, 5.74) is 3.56. The molecule has 3 nitrogen and oxygen atoms in total. The number of rotatable bonds is 1. The van der Waals surface area contributed by atoms with E-state index in [0.717, 1.165) is 27.6 Å². The molecule has 0 aliphatic carbocycles. The first-order chi connectivity index (χ1) is 7.79. The van der Waals surface area contributed by atoms with Gasteiger partial charge in [-0.3, -0.25) is 4.79 Å². The molecule has 0 saturated carbocycles. The van der Waals surface area contributed by atoms with Crippen molar-refractivity contribution in [1.29, 1.82) is 0 Å². The highest BCUT2D eigenvalue weighted by Crippen LogP contribution is 2.25. The minimum absolute atomic E-state index is 0.0493. The fourth-order valence-corrected chi connectivity index (χ4v) is 2.28. The minimum atomic E-state index is -0.0493. The molecule has 0 radical (unpaired) electrons. The lowest BCUT2D eigenvalue weighted by molar-refractivity contribution is 0.134. The highest BCUT2D eigenvalue weighted by Gasteiger charge is 2.18. The van der Waals surface area contributed by atoms with E-state index in [0.29, 0.717) is 19.1 Å². The van der Waals surface area contributed by atoms with E-state index in [2.05, 4.69) is 4.98 Å². The van der Waals surface area contributed by atoms with Crippen LogP contribution in [0, 0.1) is 0 Å². The highest BCUT2D eigenvalue weighted by atomic mass is 35.5. The lowest BCUT2D eigenvalue weighted by atomic mass is 10.0. The number of H-pyrrole nitrogens is 1. The van der Waals surface area contributed by atoms with Gasteiger partial charge in [-0.1, -0.05) is 12.1 Å². The van der Waals surface area contributed by atoms with Gasteiger partial charge in [-0.2, -0.15) is 0 Å². The predicted molar refractivity (Wildman–Crippen MR) is 62.6 cm³/mol. The van der Waals surface area contributed by atoms with Gasteiger partial charge in [0.15, 0.2) is 0 Å². The van der Waals surface area contributed by atoms with Crippen molar-refractivity contribution in [3.63, 3.8) is 0 Å². The summed E-state index contributed by atoms with van der Waals surface area (Å²) < 4.78 is 5.31. The third kappa shape index (κ3) is 1.36. The Bertz CT molecular complexity index is 618. The van der Waals surface area contributed by atoms with E-state index in [-0.39, 0.29) is 5.56 Å². The molecule has 16 heavy (non-hydrogen) atoms. The van der Waals surface area contributed by atoms with Crippen LogP contribution in [-0.4, -0.2) is 4.98 Å². The number of aromatic nitrogens is 1. The lowest BCUT2D eigenvalue weighted by Crippen LogP contribution is -2.12. The van der Waals surface area contributed by atoms with Crippen molar-refractivity contribution in [1.82, 2.24) is 4.98 Å². The first-order valence-electron chi connectivity index (χ1n) is 5.10. The van der Waals surface area contributed by atoms with Crippen LogP contribution in [0.2, 0.25) is 0 Å². The van der Waals surface area contributed by atoms with E-state index < -0.39 is 0 Å². The quantitative estimate of drug-likeness (QED) is 0.771. The monoisotopic (exact) mass is 235 g/mol. The number of halogens is 1. The molecule has 0 spiro atoms. The first-order valence-corrected chi connectivity index (χ1v) is 5.63. The van der Waals surface area contributed by atoms with Crippen LogP contribution in [0.3, 0.4) is 0 Å². The zero-order valence-electron chi connectivity index (χ0n) is 8.55. The summed E-state index contributed by atoms with van der Waals surface area (Å²) in [7, 11) is 0. The summed E-state index contributed by atoms with van der Waals surface area (Å²) >= 11 is 5.77. The van der Waals surface area contributed by atoms with Crippen LogP contribution in [0.5, 0.6) is 0 Å². The SMILES string of the molecule is O=c1[nH]c2cc(CCl)ccc2c2c1COC2. The third-order valence-corrected chi connectivity index (χ3v) is 3.25. The van der Waals surface area contributed by atoms with Crippen LogP contribution in [0.25, 0.3) is 10.9 Å². The third-order valence-electron chi connectivity index (χ3n) is 2.94. The molecule has 1 aromatic carbocycles. The van der Waals surface area contributed by atoms with E-state index >= 15 is 0 Å². The first kappa shape index (κ1) is 9.87. The van der Waals surface area contributed by atoms with Gasteiger partial charge in [0.2, 0.25) is 0 Å². The number of aromatic amines is 1. The number of benzene rings is 1. The molecule has 0 atom stereocenters. The molecule has 2 aromatic rings. The highest BCUT2D eigenvalue weighted by molar-refractivity contribution is 6.17. The van der Waals surface area contributed by atoms with Crippen LogP contribution in [0.1, 0.15) is 16.7 Å². The average Bonchev–Trinajstić information content (AvgIpc) is 2.78. The van der Waals surface area contributed by atoms with E-state index in [4.69, 9.17) is 16.3 Å². The van der Waals surface area contributed by atoms with Gasteiger partial charge in [-0.15, -0.1) is 11.6 Å². The molecule has 0 bridgehead atoms. The number of hydrogen-bond donors (Lipinski definition) is 1. The van der Waals surface area contributed by atoms with Crippen molar-refractivity contribution in [2.45, 2.75) is 19.1 Å². The molecule has 3 rings (SSSR count). The zero-order chi connectivity index (χ0) is 11.1. The Morgan fingerprint density at radius 3 is 2.94 bits per heavy atom. The van der Waals surface area contributed by atoms with E-state index in [9.17, 15) is 4.79 Å². The molecule has 1 aromatic heterocycles. The number of alkyl halides is 1. The topological polar surface area (TPSA) is 42.1 Å². The van der Waals surface area contributed by atoms with Gasteiger partial charge in [0.05, 0.1) is 13.2 Å². The molecule has 1 N–H and O–H groups in total. The van der Waals surface area contributed by atoms with Gasteiger partial charge in [0.25, 0.3) is 5.56 Å². The molecular weight excluding hydrogens is 226 g/mol. The summed E-state index contributed by atoms with van der Waals surface area (Å²) in [6, 6.07) is 5.89. The summed E-state index contributed by atoms with van der Waals surface area (Å²) in [6.07, 6.45) is 0. The molecule has 0 fully saturated rings. The smallest absolute Gasteiger partial charge is 0.254 e. The predicted octanol–water partition coefficient (Wildman–Crippen LogP) is 2.30. The molecule has 1 aliphatic heterocycles. The Kier molecular flexibility index (Phi) is 2.23. The number of pyridine rings is 1.